The minimum atomic E-state index is -0.152. The second-order valence-corrected chi connectivity index (χ2v) is 6.14. The fourth-order valence-electron chi connectivity index (χ4n) is 2.59. The van der Waals surface area contributed by atoms with E-state index in [9.17, 15) is 4.79 Å². The zero-order chi connectivity index (χ0) is 16.8. The van der Waals surface area contributed by atoms with Gasteiger partial charge in [0.15, 0.2) is 5.11 Å². The van der Waals surface area contributed by atoms with Gasteiger partial charge in [0.1, 0.15) is 5.75 Å². The molecule has 0 saturated carbocycles. The first-order valence-corrected chi connectivity index (χ1v) is 8.39. The van der Waals surface area contributed by atoms with Gasteiger partial charge < -0.3 is 19.7 Å². The van der Waals surface area contributed by atoms with E-state index < -0.39 is 0 Å². The molecule has 1 saturated heterocycles. The third-order valence-corrected chi connectivity index (χ3v) is 4.33. The lowest BCUT2D eigenvalue weighted by Gasteiger charge is -2.33. The van der Waals surface area contributed by atoms with Gasteiger partial charge in [0.25, 0.3) is 0 Å². The number of halogens is 1. The standard InChI is InChI=1S/C16H21ClN2O3S/c1-3-22-15(20)11-5-4-8-19(10-11)16(23)18-13-9-12(17)6-7-14(13)21-2/h6-7,9,11H,3-5,8,10H2,1-2H3,(H,18,23)/t11-/m0/s1. The van der Waals surface area contributed by atoms with Crippen LogP contribution >= 0.6 is 23.8 Å². The molecule has 1 aliphatic rings. The van der Waals surface area contributed by atoms with E-state index in [-0.39, 0.29) is 11.9 Å². The summed E-state index contributed by atoms with van der Waals surface area (Å²) in [4.78, 5) is 13.9. The maximum absolute atomic E-state index is 11.9. The molecule has 5 nitrogen and oxygen atoms in total. The van der Waals surface area contributed by atoms with Crippen molar-refractivity contribution in [2.24, 2.45) is 5.92 Å². The van der Waals surface area contributed by atoms with Gasteiger partial charge in [-0.15, -0.1) is 0 Å². The molecule has 0 aliphatic carbocycles. The lowest BCUT2D eigenvalue weighted by atomic mass is 9.98. The molecule has 1 aromatic carbocycles. The van der Waals surface area contributed by atoms with Gasteiger partial charge in [-0.2, -0.15) is 0 Å². The van der Waals surface area contributed by atoms with Crippen LogP contribution in [0, 0.1) is 5.92 Å². The summed E-state index contributed by atoms with van der Waals surface area (Å²) < 4.78 is 10.4. The quantitative estimate of drug-likeness (QED) is 0.659. The molecule has 1 aromatic rings. The predicted octanol–water partition coefficient (Wildman–Crippen LogP) is 3.32. The molecule has 7 heteroatoms. The van der Waals surface area contributed by atoms with Gasteiger partial charge in [0.2, 0.25) is 0 Å². The number of esters is 1. The summed E-state index contributed by atoms with van der Waals surface area (Å²) in [6.45, 7) is 3.59. The number of likely N-dealkylation sites (tertiary alicyclic amines) is 1. The minimum absolute atomic E-state index is 0.135. The number of carbonyl (C=O) groups is 1. The van der Waals surface area contributed by atoms with Crippen molar-refractivity contribution in [3.05, 3.63) is 23.2 Å². The van der Waals surface area contributed by atoms with Crippen LogP contribution in [0.3, 0.4) is 0 Å². The van der Waals surface area contributed by atoms with Gasteiger partial charge >= 0.3 is 5.97 Å². The van der Waals surface area contributed by atoms with Crippen LogP contribution in [-0.4, -0.2) is 42.8 Å². The van der Waals surface area contributed by atoms with E-state index in [1.54, 1.807) is 25.3 Å². The van der Waals surface area contributed by atoms with Crippen molar-refractivity contribution in [2.75, 3.05) is 32.1 Å². The van der Waals surface area contributed by atoms with E-state index in [0.29, 0.717) is 34.7 Å². The Kier molecular flexibility index (Phi) is 6.47. The van der Waals surface area contributed by atoms with Gasteiger partial charge in [-0.25, -0.2) is 0 Å². The van der Waals surface area contributed by atoms with Crippen molar-refractivity contribution >= 4 is 40.6 Å². The first kappa shape index (κ1) is 17.8. The average molecular weight is 357 g/mol. The number of nitrogens with one attached hydrogen (secondary N) is 1. The van der Waals surface area contributed by atoms with Crippen molar-refractivity contribution in [1.29, 1.82) is 0 Å². The summed E-state index contributed by atoms with van der Waals surface area (Å²) in [5.74, 6) is 0.376. The number of rotatable bonds is 4. The van der Waals surface area contributed by atoms with Gasteiger partial charge in [0.05, 0.1) is 25.3 Å². The first-order chi connectivity index (χ1) is 11.0. The number of piperidine rings is 1. The average Bonchev–Trinajstić information content (AvgIpc) is 2.55. The predicted molar refractivity (Wildman–Crippen MR) is 95.2 cm³/mol. The Balaban J connectivity index is 2.03. The van der Waals surface area contributed by atoms with E-state index in [1.807, 2.05) is 11.8 Å². The summed E-state index contributed by atoms with van der Waals surface area (Å²) >= 11 is 11.5. The van der Waals surface area contributed by atoms with E-state index in [4.69, 9.17) is 33.3 Å². The molecular formula is C16H21ClN2O3S. The van der Waals surface area contributed by atoms with Crippen molar-refractivity contribution in [3.63, 3.8) is 0 Å². The Morgan fingerprint density at radius 1 is 1.52 bits per heavy atom. The summed E-state index contributed by atoms with van der Waals surface area (Å²) in [7, 11) is 1.59. The third-order valence-electron chi connectivity index (χ3n) is 3.73. The van der Waals surface area contributed by atoms with Crippen LogP contribution in [0.25, 0.3) is 0 Å². The molecule has 1 atom stereocenters. The van der Waals surface area contributed by atoms with Crippen molar-refractivity contribution in [2.45, 2.75) is 19.8 Å². The molecule has 126 valence electrons. The largest absolute Gasteiger partial charge is 0.495 e. The summed E-state index contributed by atoms with van der Waals surface area (Å²) in [6.07, 6.45) is 1.73. The Labute approximate surface area is 146 Å². The number of anilines is 1. The topological polar surface area (TPSA) is 50.8 Å². The van der Waals surface area contributed by atoms with Crippen LogP contribution in [-0.2, 0) is 9.53 Å². The Morgan fingerprint density at radius 2 is 2.30 bits per heavy atom. The van der Waals surface area contributed by atoms with E-state index in [1.165, 1.54) is 0 Å². The number of hydrogen-bond acceptors (Lipinski definition) is 4. The Morgan fingerprint density at radius 3 is 3.00 bits per heavy atom. The van der Waals surface area contributed by atoms with Crippen molar-refractivity contribution < 1.29 is 14.3 Å². The molecule has 0 aromatic heterocycles. The monoisotopic (exact) mass is 356 g/mol. The lowest BCUT2D eigenvalue weighted by Crippen LogP contribution is -2.44. The van der Waals surface area contributed by atoms with Crippen LogP contribution < -0.4 is 10.1 Å². The maximum Gasteiger partial charge on any atom is 0.310 e. The second kappa shape index (κ2) is 8.36. The SMILES string of the molecule is CCOC(=O)[C@H]1CCCN(C(=S)Nc2cc(Cl)ccc2OC)C1. The number of hydrogen-bond donors (Lipinski definition) is 1. The zero-order valence-electron chi connectivity index (χ0n) is 13.3. The minimum Gasteiger partial charge on any atom is -0.495 e. The van der Waals surface area contributed by atoms with Crippen LogP contribution in [0.15, 0.2) is 18.2 Å². The summed E-state index contributed by atoms with van der Waals surface area (Å²) in [5.41, 5.74) is 0.711. The van der Waals surface area contributed by atoms with Gasteiger partial charge in [-0.3, -0.25) is 4.79 Å². The Bertz CT molecular complexity index is 582. The number of methoxy groups -OCH3 is 1. The molecule has 0 spiro atoms. The van der Waals surface area contributed by atoms with Crippen LogP contribution in [0.4, 0.5) is 5.69 Å². The molecule has 2 rings (SSSR count). The fourth-order valence-corrected chi connectivity index (χ4v) is 3.03. The van der Waals surface area contributed by atoms with Gasteiger partial charge in [-0.1, -0.05) is 11.6 Å². The van der Waals surface area contributed by atoms with Crippen LogP contribution in [0.5, 0.6) is 5.75 Å². The normalized spacial score (nSPS) is 17.5. The smallest absolute Gasteiger partial charge is 0.310 e. The molecule has 0 radical (unpaired) electrons. The molecule has 0 amide bonds. The third kappa shape index (κ3) is 4.72. The summed E-state index contributed by atoms with van der Waals surface area (Å²) in [6, 6.07) is 5.30. The molecule has 23 heavy (non-hydrogen) atoms. The van der Waals surface area contributed by atoms with Crippen LogP contribution in [0.1, 0.15) is 19.8 Å². The highest BCUT2D eigenvalue weighted by Gasteiger charge is 2.28. The molecule has 1 aliphatic heterocycles. The number of thiocarbonyl (C=S) groups is 1. The van der Waals surface area contributed by atoms with E-state index in [2.05, 4.69) is 5.32 Å². The molecule has 0 bridgehead atoms. The molecule has 1 heterocycles. The highest BCUT2D eigenvalue weighted by molar-refractivity contribution is 7.80. The lowest BCUT2D eigenvalue weighted by molar-refractivity contribution is -0.149. The Hall–Kier alpha value is -1.53. The van der Waals surface area contributed by atoms with Gasteiger partial charge in [0, 0.05) is 18.1 Å². The highest BCUT2D eigenvalue weighted by Crippen LogP contribution is 2.28. The molecular weight excluding hydrogens is 336 g/mol. The molecule has 1 N–H and O–H groups in total. The van der Waals surface area contributed by atoms with Crippen molar-refractivity contribution in [3.8, 4) is 5.75 Å². The second-order valence-electron chi connectivity index (χ2n) is 5.31. The van der Waals surface area contributed by atoms with Gasteiger partial charge in [-0.05, 0) is 50.2 Å². The number of carbonyl (C=O) groups excluding carboxylic acids is 1. The molecule has 0 unspecified atom stereocenters. The first-order valence-electron chi connectivity index (χ1n) is 7.61. The summed E-state index contributed by atoms with van der Waals surface area (Å²) in [5, 5.41) is 4.31. The van der Waals surface area contributed by atoms with E-state index in [0.717, 1.165) is 19.4 Å². The van der Waals surface area contributed by atoms with Crippen molar-refractivity contribution in [1.82, 2.24) is 4.90 Å². The van der Waals surface area contributed by atoms with Crippen LogP contribution in [0.2, 0.25) is 5.02 Å². The number of ether oxygens (including phenoxy) is 2. The molecule has 1 fully saturated rings. The zero-order valence-corrected chi connectivity index (χ0v) is 14.9. The fraction of sp³-hybridized carbons (Fsp3) is 0.500. The maximum atomic E-state index is 11.9. The number of benzene rings is 1. The van der Waals surface area contributed by atoms with E-state index >= 15 is 0 Å². The number of nitrogens with zero attached hydrogens (tertiary/aromatic N) is 1. The highest BCUT2D eigenvalue weighted by atomic mass is 35.5.